The molecule has 1 aromatic rings. The number of amides is 2. The minimum atomic E-state index is -0.122. The Kier molecular flexibility index (Phi) is 6.80. The summed E-state index contributed by atoms with van der Waals surface area (Å²) >= 11 is 0. The molecule has 0 saturated carbocycles. The van der Waals surface area contributed by atoms with E-state index in [1.807, 2.05) is 4.90 Å². The molecule has 0 radical (unpaired) electrons. The summed E-state index contributed by atoms with van der Waals surface area (Å²) in [4.78, 5) is 29.0. The van der Waals surface area contributed by atoms with Crippen LogP contribution < -0.4 is 5.32 Å². The van der Waals surface area contributed by atoms with Gasteiger partial charge >= 0.3 is 0 Å². The summed E-state index contributed by atoms with van der Waals surface area (Å²) in [6.45, 7) is 4.66. The van der Waals surface area contributed by atoms with Crippen molar-refractivity contribution >= 4 is 11.8 Å². The lowest BCUT2D eigenvalue weighted by Gasteiger charge is -2.30. The fraction of sp³-hybridized carbons (Fsp3) is 0.550. The molecule has 7 heteroatoms. The highest BCUT2D eigenvalue weighted by atomic mass is 16.5. The van der Waals surface area contributed by atoms with Gasteiger partial charge in [0.1, 0.15) is 0 Å². The standard InChI is InChI=1S/C20H26N4O3/c21-14-16-3-5-17(6-4-16)20(26)24(15-18-2-1-13-27-18)10-7-19(25)23-11-8-22-9-12-23/h3-6,18,22H,1-2,7-13,15H2/t18-/m0/s1. The molecule has 0 spiro atoms. The van der Waals surface area contributed by atoms with Crippen LogP contribution in [-0.4, -0.2) is 73.6 Å². The van der Waals surface area contributed by atoms with Gasteiger partial charge in [-0.3, -0.25) is 9.59 Å². The van der Waals surface area contributed by atoms with Crippen molar-refractivity contribution in [3.05, 3.63) is 35.4 Å². The normalized spacial score (nSPS) is 19.5. The molecule has 0 aromatic heterocycles. The van der Waals surface area contributed by atoms with Crippen molar-refractivity contribution in [2.45, 2.75) is 25.4 Å². The van der Waals surface area contributed by atoms with Crippen molar-refractivity contribution in [1.29, 1.82) is 5.26 Å². The quantitative estimate of drug-likeness (QED) is 0.807. The first-order chi connectivity index (χ1) is 13.2. The van der Waals surface area contributed by atoms with Crippen molar-refractivity contribution in [3.8, 4) is 6.07 Å². The van der Waals surface area contributed by atoms with E-state index < -0.39 is 0 Å². The fourth-order valence-corrected chi connectivity index (χ4v) is 3.48. The van der Waals surface area contributed by atoms with Crippen LogP contribution in [0.4, 0.5) is 0 Å². The summed E-state index contributed by atoms with van der Waals surface area (Å²) in [5, 5.41) is 12.2. The Balaban J connectivity index is 1.64. The maximum Gasteiger partial charge on any atom is 0.253 e. The van der Waals surface area contributed by atoms with Crippen LogP contribution in [-0.2, 0) is 9.53 Å². The summed E-state index contributed by atoms with van der Waals surface area (Å²) in [6, 6.07) is 8.68. The molecule has 7 nitrogen and oxygen atoms in total. The Morgan fingerprint density at radius 1 is 1.26 bits per heavy atom. The van der Waals surface area contributed by atoms with Gasteiger partial charge in [0.2, 0.25) is 5.91 Å². The summed E-state index contributed by atoms with van der Waals surface area (Å²) in [5.41, 5.74) is 1.05. The lowest BCUT2D eigenvalue weighted by molar-refractivity contribution is -0.132. The number of carbonyl (C=O) groups excluding carboxylic acids is 2. The van der Waals surface area contributed by atoms with E-state index in [9.17, 15) is 9.59 Å². The predicted molar refractivity (Wildman–Crippen MR) is 100 cm³/mol. The second-order valence-corrected chi connectivity index (χ2v) is 6.96. The van der Waals surface area contributed by atoms with E-state index in [-0.39, 0.29) is 17.9 Å². The van der Waals surface area contributed by atoms with Crippen LogP contribution in [0.25, 0.3) is 0 Å². The molecule has 1 N–H and O–H groups in total. The molecule has 144 valence electrons. The van der Waals surface area contributed by atoms with Gasteiger partial charge < -0.3 is 19.9 Å². The topological polar surface area (TPSA) is 85.7 Å². The summed E-state index contributed by atoms with van der Waals surface area (Å²) in [7, 11) is 0. The van der Waals surface area contributed by atoms with Gasteiger partial charge in [-0.25, -0.2) is 0 Å². The van der Waals surface area contributed by atoms with E-state index in [1.54, 1.807) is 29.2 Å². The molecule has 2 fully saturated rings. The minimum absolute atomic E-state index is 0.0293. The van der Waals surface area contributed by atoms with E-state index in [1.165, 1.54) is 0 Å². The molecule has 2 amide bonds. The van der Waals surface area contributed by atoms with Gasteiger partial charge in [-0.05, 0) is 37.1 Å². The maximum absolute atomic E-state index is 13.0. The second kappa shape index (κ2) is 9.49. The van der Waals surface area contributed by atoms with Crippen molar-refractivity contribution in [3.63, 3.8) is 0 Å². The average molecular weight is 370 g/mol. The molecule has 2 aliphatic heterocycles. The average Bonchev–Trinajstić information content (AvgIpc) is 3.24. The summed E-state index contributed by atoms with van der Waals surface area (Å²) in [6.07, 6.45) is 2.28. The van der Waals surface area contributed by atoms with Crippen molar-refractivity contribution in [2.75, 3.05) is 45.9 Å². The lowest BCUT2D eigenvalue weighted by atomic mass is 10.1. The largest absolute Gasteiger partial charge is 0.376 e. The number of ether oxygens (including phenoxy) is 1. The highest BCUT2D eigenvalue weighted by Gasteiger charge is 2.25. The van der Waals surface area contributed by atoms with Crippen LogP contribution >= 0.6 is 0 Å². The van der Waals surface area contributed by atoms with Crippen LogP contribution in [0.2, 0.25) is 0 Å². The molecule has 2 heterocycles. The highest BCUT2D eigenvalue weighted by molar-refractivity contribution is 5.94. The van der Waals surface area contributed by atoms with E-state index in [0.29, 0.717) is 43.7 Å². The SMILES string of the molecule is N#Cc1ccc(C(=O)N(CCC(=O)N2CCNCC2)C[C@@H]2CCCO2)cc1. The predicted octanol–water partition coefficient (Wildman–Crippen LogP) is 1.00. The van der Waals surface area contributed by atoms with Gasteiger partial charge in [0.25, 0.3) is 5.91 Å². The number of hydrogen-bond donors (Lipinski definition) is 1. The van der Waals surface area contributed by atoms with E-state index in [4.69, 9.17) is 10.00 Å². The van der Waals surface area contributed by atoms with Crippen LogP contribution in [0.1, 0.15) is 35.2 Å². The van der Waals surface area contributed by atoms with Crippen LogP contribution in [0.15, 0.2) is 24.3 Å². The third kappa shape index (κ3) is 5.28. The number of benzene rings is 1. The highest BCUT2D eigenvalue weighted by Crippen LogP contribution is 2.16. The van der Waals surface area contributed by atoms with Crippen molar-refractivity contribution in [2.24, 2.45) is 0 Å². The van der Waals surface area contributed by atoms with Crippen molar-refractivity contribution < 1.29 is 14.3 Å². The molecule has 1 atom stereocenters. The Labute approximate surface area is 159 Å². The number of hydrogen-bond acceptors (Lipinski definition) is 5. The molecular weight excluding hydrogens is 344 g/mol. The molecule has 0 unspecified atom stereocenters. The fourth-order valence-electron chi connectivity index (χ4n) is 3.48. The third-order valence-corrected chi connectivity index (χ3v) is 5.06. The number of nitrogens with one attached hydrogen (secondary N) is 1. The van der Waals surface area contributed by atoms with E-state index >= 15 is 0 Å². The molecule has 2 saturated heterocycles. The Morgan fingerprint density at radius 2 is 2.00 bits per heavy atom. The van der Waals surface area contributed by atoms with Gasteiger partial charge in [-0.1, -0.05) is 0 Å². The first-order valence-corrected chi connectivity index (χ1v) is 9.57. The molecule has 27 heavy (non-hydrogen) atoms. The van der Waals surface area contributed by atoms with Crippen molar-refractivity contribution in [1.82, 2.24) is 15.1 Å². The lowest BCUT2D eigenvalue weighted by Crippen LogP contribution is -2.47. The first-order valence-electron chi connectivity index (χ1n) is 9.57. The van der Waals surface area contributed by atoms with E-state index in [0.717, 1.165) is 32.5 Å². The Hall–Kier alpha value is -2.43. The number of nitriles is 1. The smallest absolute Gasteiger partial charge is 0.253 e. The van der Waals surface area contributed by atoms with Crippen LogP contribution in [0.3, 0.4) is 0 Å². The van der Waals surface area contributed by atoms with Crippen LogP contribution in [0, 0.1) is 11.3 Å². The molecule has 0 bridgehead atoms. The summed E-state index contributed by atoms with van der Waals surface area (Å²) < 4.78 is 5.69. The number of piperazine rings is 1. The molecular formula is C20H26N4O3. The molecule has 0 aliphatic carbocycles. The Bertz CT molecular complexity index is 686. The van der Waals surface area contributed by atoms with Gasteiger partial charge in [-0.2, -0.15) is 5.26 Å². The first kappa shape index (κ1) is 19.3. The van der Waals surface area contributed by atoms with Gasteiger partial charge in [0.05, 0.1) is 17.7 Å². The third-order valence-electron chi connectivity index (χ3n) is 5.06. The molecule has 2 aliphatic rings. The van der Waals surface area contributed by atoms with Gasteiger partial charge in [-0.15, -0.1) is 0 Å². The summed E-state index contributed by atoms with van der Waals surface area (Å²) in [5.74, 6) is -0.0374. The zero-order valence-electron chi connectivity index (χ0n) is 15.5. The number of rotatable bonds is 6. The zero-order chi connectivity index (χ0) is 19.1. The van der Waals surface area contributed by atoms with Gasteiger partial charge in [0.15, 0.2) is 0 Å². The van der Waals surface area contributed by atoms with Crippen LogP contribution in [0.5, 0.6) is 0 Å². The zero-order valence-corrected chi connectivity index (χ0v) is 15.5. The number of carbonyl (C=O) groups is 2. The van der Waals surface area contributed by atoms with E-state index in [2.05, 4.69) is 11.4 Å². The molecule has 1 aromatic carbocycles. The minimum Gasteiger partial charge on any atom is -0.376 e. The maximum atomic E-state index is 13.0. The van der Waals surface area contributed by atoms with Gasteiger partial charge in [0, 0.05) is 57.9 Å². The monoisotopic (exact) mass is 370 g/mol. The molecule has 3 rings (SSSR count). The number of nitrogens with zero attached hydrogens (tertiary/aromatic N) is 3. The Morgan fingerprint density at radius 3 is 2.63 bits per heavy atom. The second-order valence-electron chi connectivity index (χ2n) is 6.96.